The number of benzene rings is 2. The van der Waals surface area contributed by atoms with Gasteiger partial charge in [-0.25, -0.2) is 8.78 Å². The first-order chi connectivity index (χ1) is 11.1. The van der Waals surface area contributed by atoms with Crippen molar-refractivity contribution in [3.05, 3.63) is 55.6 Å². The smallest absolute Gasteiger partial charge is 0.314 e. The highest BCUT2D eigenvalue weighted by atomic mass is 19.2. The molecule has 12 heteroatoms. The summed E-state index contributed by atoms with van der Waals surface area (Å²) in [4.78, 5) is 18.7. The summed E-state index contributed by atoms with van der Waals surface area (Å²) >= 11 is 0. The third kappa shape index (κ3) is 2.43. The van der Waals surface area contributed by atoms with Gasteiger partial charge in [-0.15, -0.1) is 0 Å². The lowest BCUT2D eigenvalue weighted by Crippen LogP contribution is -2.01. The number of phenols is 2. The van der Waals surface area contributed by atoms with Crippen molar-refractivity contribution in [1.29, 1.82) is 0 Å². The summed E-state index contributed by atoms with van der Waals surface area (Å²) in [5, 5.41) is 39.7. The Balaban J connectivity index is 2.92. The van der Waals surface area contributed by atoms with Crippen molar-refractivity contribution >= 4 is 11.4 Å². The molecule has 0 aromatic heterocycles. The standard InChI is InChI=1S/C12H4F4N2O6/c13-7-3(1-5(17(21)22)11(19)9(7)15)4-2-6(18(23)24)12(20)10(16)8(4)14/h1-2,19-20H. The molecule has 2 aromatic rings. The second-order valence-corrected chi connectivity index (χ2v) is 4.35. The number of phenolic OH excluding ortho intramolecular Hbond substituents is 2. The minimum Gasteiger partial charge on any atom is -0.500 e. The number of aromatic hydroxyl groups is 2. The van der Waals surface area contributed by atoms with E-state index in [1.807, 2.05) is 0 Å². The van der Waals surface area contributed by atoms with Crippen LogP contribution in [0.25, 0.3) is 11.1 Å². The molecule has 0 radical (unpaired) electrons. The molecule has 24 heavy (non-hydrogen) atoms. The Morgan fingerprint density at radius 3 is 1.25 bits per heavy atom. The van der Waals surface area contributed by atoms with Gasteiger partial charge in [0.1, 0.15) is 0 Å². The summed E-state index contributed by atoms with van der Waals surface area (Å²) in [5.74, 6) is -11.6. The fourth-order valence-corrected chi connectivity index (χ4v) is 1.88. The molecule has 0 fully saturated rings. The summed E-state index contributed by atoms with van der Waals surface area (Å²) in [6.07, 6.45) is 0. The molecule has 0 bridgehead atoms. The molecule has 126 valence electrons. The topological polar surface area (TPSA) is 127 Å². The molecule has 0 aliphatic heterocycles. The zero-order valence-corrected chi connectivity index (χ0v) is 11.1. The second-order valence-electron chi connectivity index (χ2n) is 4.35. The zero-order chi connectivity index (χ0) is 18.3. The monoisotopic (exact) mass is 348 g/mol. The van der Waals surface area contributed by atoms with Crippen LogP contribution in [0.3, 0.4) is 0 Å². The van der Waals surface area contributed by atoms with Crippen molar-refractivity contribution < 1.29 is 37.6 Å². The van der Waals surface area contributed by atoms with Gasteiger partial charge >= 0.3 is 11.4 Å². The first-order valence-electron chi connectivity index (χ1n) is 5.79. The van der Waals surface area contributed by atoms with E-state index in [-0.39, 0.29) is 12.1 Å². The van der Waals surface area contributed by atoms with E-state index in [2.05, 4.69) is 0 Å². The maximum absolute atomic E-state index is 13.9. The van der Waals surface area contributed by atoms with E-state index >= 15 is 0 Å². The van der Waals surface area contributed by atoms with Crippen LogP contribution in [-0.4, -0.2) is 20.1 Å². The lowest BCUT2D eigenvalue weighted by Gasteiger charge is -2.09. The quantitative estimate of drug-likeness (QED) is 0.498. The SMILES string of the molecule is O=[N+]([O-])c1cc(-c2cc([N+](=O)[O-])c(O)c(F)c2F)c(F)c(F)c1O. The van der Waals surface area contributed by atoms with Crippen molar-refractivity contribution in [1.82, 2.24) is 0 Å². The van der Waals surface area contributed by atoms with Gasteiger partial charge in [0.25, 0.3) is 0 Å². The van der Waals surface area contributed by atoms with Crippen LogP contribution in [0.5, 0.6) is 11.5 Å². The van der Waals surface area contributed by atoms with Crippen LogP contribution in [-0.2, 0) is 0 Å². The molecule has 0 aliphatic carbocycles. The highest BCUT2D eigenvalue weighted by Gasteiger charge is 2.31. The van der Waals surface area contributed by atoms with Crippen molar-refractivity contribution in [3.8, 4) is 22.6 Å². The lowest BCUT2D eigenvalue weighted by molar-refractivity contribution is -0.386. The molecular weight excluding hydrogens is 344 g/mol. The van der Waals surface area contributed by atoms with Crippen LogP contribution in [0, 0.1) is 43.5 Å². The number of nitrogens with zero attached hydrogens (tertiary/aromatic N) is 2. The fourth-order valence-electron chi connectivity index (χ4n) is 1.88. The predicted molar refractivity (Wildman–Crippen MR) is 68.3 cm³/mol. The maximum atomic E-state index is 13.9. The van der Waals surface area contributed by atoms with Gasteiger partial charge in [-0.05, 0) is 0 Å². The molecule has 8 nitrogen and oxygen atoms in total. The molecule has 0 spiro atoms. The number of hydrogen-bond acceptors (Lipinski definition) is 6. The van der Waals surface area contributed by atoms with Crippen LogP contribution in [0.15, 0.2) is 12.1 Å². The molecule has 2 aromatic carbocycles. The lowest BCUT2D eigenvalue weighted by atomic mass is 10.0. The average Bonchev–Trinajstić information content (AvgIpc) is 2.51. The van der Waals surface area contributed by atoms with Gasteiger partial charge in [0.05, 0.1) is 9.85 Å². The largest absolute Gasteiger partial charge is 0.500 e. The number of hydrogen-bond donors (Lipinski definition) is 2. The van der Waals surface area contributed by atoms with Crippen molar-refractivity contribution in [2.75, 3.05) is 0 Å². The highest BCUT2D eigenvalue weighted by molar-refractivity contribution is 5.74. The van der Waals surface area contributed by atoms with Crippen LogP contribution in [0.1, 0.15) is 0 Å². The zero-order valence-electron chi connectivity index (χ0n) is 11.1. The van der Waals surface area contributed by atoms with Gasteiger partial charge in [0.2, 0.25) is 23.1 Å². The molecule has 0 atom stereocenters. The number of rotatable bonds is 3. The molecular formula is C12H4F4N2O6. The van der Waals surface area contributed by atoms with Crippen LogP contribution in [0.4, 0.5) is 28.9 Å². The molecule has 0 heterocycles. The Hall–Kier alpha value is -3.44. The first-order valence-corrected chi connectivity index (χ1v) is 5.79. The summed E-state index contributed by atoms with van der Waals surface area (Å²) < 4.78 is 54.8. The first kappa shape index (κ1) is 16.9. The third-order valence-electron chi connectivity index (χ3n) is 3.01. The summed E-state index contributed by atoms with van der Waals surface area (Å²) in [6.45, 7) is 0. The van der Waals surface area contributed by atoms with Crippen LogP contribution < -0.4 is 0 Å². The second kappa shape index (κ2) is 5.64. The Bertz CT molecular complexity index is 829. The summed E-state index contributed by atoms with van der Waals surface area (Å²) in [7, 11) is 0. The van der Waals surface area contributed by atoms with E-state index in [0.29, 0.717) is 0 Å². The highest BCUT2D eigenvalue weighted by Crippen LogP contribution is 2.42. The average molecular weight is 348 g/mol. The van der Waals surface area contributed by atoms with E-state index in [4.69, 9.17) is 10.2 Å². The minimum absolute atomic E-state index is 0.173. The summed E-state index contributed by atoms with van der Waals surface area (Å²) in [6, 6.07) is 0.346. The van der Waals surface area contributed by atoms with Crippen molar-refractivity contribution in [3.63, 3.8) is 0 Å². The van der Waals surface area contributed by atoms with Gasteiger partial charge in [-0.3, -0.25) is 20.2 Å². The Morgan fingerprint density at radius 1 is 0.708 bits per heavy atom. The Morgan fingerprint density at radius 2 is 1.00 bits per heavy atom. The van der Waals surface area contributed by atoms with E-state index in [0.717, 1.165) is 0 Å². The van der Waals surface area contributed by atoms with E-state index in [1.54, 1.807) is 0 Å². The Labute approximate surface area is 128 Å². The van der Waals surface area contributed by atoms with E-state index in [1.165, 1.54) is 0 Å². The van der Waals surface area contributed by atoms with E-state index < -0.39 is 67.1 Å². The molecule has 0 saturated carbocycles. The van der Waals surface area contributed by atoms with E-state index in [9.17, 15) is 37.8 Å². The van der Waals surface area contributed by atoms with Crippen LogP contribution >= 0.6 is 0 Å². The number of nitro benzene ring substituents is 2. The normalized spacial score (nSPS) is 10.7. The molecule has 0 unspecified atom stereocenters. The minimum atomic E-state index is -2.13. The molecule has 2 rings (SSSR count). The third-order valence-corrected chi connectivity index (χ3v) is 3.01. The van der Waals surface area contributed by atoms with Gasteiger partial charge in [0.15, 0.2) is 11.6 Å². The van der Waals surface area contributed by atoms with Gasteiger partial charge in [-0.2, -0.15) is 8.78 Å². The van der Waals surface area contributed by atoms with Crippen LogP contribution in [0.2, 0.25) is 0 Å². The van der Waals surface area contributed by atoms with Gasteiger partial charge < -0.3 is 10.2 Å². The van der Waals surface area contributed by atoms with Gasteiger partial charge in [-0.1, -0.05) is 0 Å². The number of halogens is 4. The molecule has 2 N–H and O–H groups in total. The van der Waals surface area contributed by atoms with Gasteiger partial charge in [0, 0.05) is 23.3 Å². The summed E-state index contributed by atoms with van der Waals surface area (Å²) in [5.41, 5.74) is -5.26. The van der Waals surface area contributed by atoms with Crippen molar-refractivity contribution in [2.24, 2.45) is 0 Å². The molecule has 0 amide bonds. The predicted octanol–water partition coefficient (Wildman–Crippen LogP) is 3.14. The van der Waals surface area contributed by atoms with Crippen molar-refractivity contribution in [2.45, 2.75) is 0 Å². The molecule has 0 aliphatic rings. The number of nitro groups is 2. The molecule has 0 saturated heterocycles. The maximum Gasteiger partial charge on any atom is 0.314 e. The fraction of sp³-hybridized carbons (Fsp3) is 0. The Kier molecular flexibility index (Phi) is 3.98.